The van der Waals surface area contributed by atoms with Crippen LogP contribution in [0.4, 0.5) is 5.13 Å². The van der Waals surface area contributed by atoms with E-state index in [1.807, 2.05) is 35.7 Å². The highest BCUT2D eigenvalue weighted by Gasteiger charge is 2.11. The monoisotopic (exact) mass is 387 g/mol. The number of thiazole rings is 1. The third-order valence-corrected chi connectivity index (χ3v) is 5.16. The molecule has 0 spiro atoms. The van der Waals surface area contributed by atoms with Crippen molar-refractivity contribution >= 4 is 39.6 Å². The summed E-state index contributed by atoms with van der Waals surface area (Å²) in [5.74, 6) is 0.431. The van der Waals surface area contributed by atoms with E-state index in [-0.39, 0.29) is 18.2 Å². The first-order valence-corrected chi connectivity index (χ1v) is 9.59. The zero-order valence-electron chi connectivity index (χ0n) is 14.0. The van der Waals surface area contributed by atoms with Crippen LogP contribution in [0.25, 0.3) is 0 Å². The number of nitrogens with zero attached hydrogens (tertiary/aromatic N) is 1. The van der Waals surface area contributed by atoms with E-state index < -0.39 is 0 Å². The maximum Gasteiger partial charge on any atom is 0.267 e. The number of ether oxygens (including phenoxy) is 1. The molecule has 26 heavy (non-hydrogen) atoms. The van der Waals surface area contributed by atoms with Crippen LogP contribution in [0.3, 0.4) is 0 Å². The number of methoxy groups -OCH3 is 1. The Kier molecular flexibility index (Phi) is 5.98. The van der Waals surface area contributed by atoms with Gasteiger partial charge in [-0.25, -0.2) is 4.98 Å². The normalized spacial score (nSPS) is 10.3. The van der Waals surface area contributed by atoms with Crippen molar-refractivity contribution < 1.29 is 14.3 Å². The molecule has 8 heteroatoms. The van der Waals surface area contributed by atoms with Gasteiger partial charge in [0.25, 0.3) is 5.91 Å². The minimum atomic E-state index is -0.191. The van der Waals surface area contributed by atoms with Crippen LogP contribution in [0.15, 0.2) is 47.2 Å². The number of carbonyl (C=O) groups is 2. The van der Waals surface area contributed by atoms with E-state index in [9.17, 15) is 9.59 Å². The lowest BCUT2D eigenvalue weighted by Gasteiger charge is -2.06. The second-order valence-electron chi connectivity index (χ2n) is 5.38. The summed E-state index contributed by atoms with van der Waals surface area (Å²) in [5.41, 5.74) is 1.58. The Morgan fingerprint density at radius 3 is 2.85 bits per heavy atom. The Morgan fingerprint density at radius 2 is 2.08 bits per heavy atom. The quantitative estimate of drug-likeness (QED) is 0.652. The van der Waals surface area contributed by atoms with Crippen molar-refractivity contribution in [1.29, 1.82) is 0 Å². The van der Waals surface area contributed by atoms with Gasteiger partial charge in [-0.05, 0) is 29.1 Å². The standard InChI is InChI=1S/C18H17N3O3S2/c1-24-14-5-2-4-12(8-14)10-19-16(22)9-13-11-26-18(20-13)21-17(23)15-6-3-7-25-15/h2-8,11H,9-10H2,1H3,(H,19,22)(H,20,21,23). The molecule has 0 unspecified atom stereocenters. The Hall–Kier alpha value is -2.71. The molecule has 2 heterocycles. The Balaban J connectivity index is 1.50. The molecule has 0 aliphatic rings. The van der Waals surface area contributed by atoms with Gasteiger partial charge in [-0.3, -0.25) is 14.9 Å². The number of rotatable bonds is 7. The number of nitrogens with one attached hydrogen (secondary N) is 2. The first-order chi connectivity index (χ1) is 12.6. The van der Waals surface area contributed by atoms with Crippen molar-refractivity contribution in [3.05, 3.63) is 63.3 Å². The predicted molar refractivity (Wildman–Crippen MR) is 103 cm³/mol. The maximum absolute atomic E-state index is 12.1. The second kappa shape index (κ2) is 8.59. The van der Waals surface area contributed by atoms with Crippen LogP contribution in [0.5, 0.6) is 5.75 Å². The van der Waals surface area contributed by atoms with Gasteiger partial charge in [-0.15, -0.1) is 22.7 Å². The van der Waals surface area contributed by atoms with E-state index in [0.717, 1.165) is 11.3 Å². The SMILES string of the molecule is COc1cccc(CNC(=O)Cc2csc(NC(=O)c3cccs3)n2)c1. The van der Waals surface area contributed by atoms with Crippen LogP contribution in [0, 0.1) is 0 Å². The summed E-state index contributed by atoms with van der Waals surface area (Å²) in [7, 11) is 1.61. The summed E-state index contributed by atoms with van der Waals surface area (Å²) in [6.07, 6.45) is 0.162. The Morgan fingerprint density at radius 1 is 1.19 bits per heavy atom. The lowest BCUT2D eigenvalue weighted by Crippen LogP contribution is -2.24. The smallest absolute Gasteiger partial charge is 0.267 e. The number of aromatic nitrogens is 1. The van der Waals surface area contributed by atoms with Gasteiger partial charge in [0.1, 0.15) is 5.75 Å². The van der Waals surface area contributed by atoms with Crippen molar-refractivity contribution in [3.63, 3.8) is 0 Å². The van der Waals surface area contributed by atoms with Crippen molar-refractivity contribution in [2.75, 3.05) is 12.4 Å². The highest BCUT2D eigenvalue weighted by atomic mass is 32.1. The van der Waals surface area contributed by atoms with Gasteiger partial charge in [-0.1, -0.05) is 18.2 Å². The first-order valence-electron chi connectivity index (χ1n) is 7.83. The summed E-state index contributed by atoms with van der Waals surface area (Å²) in [6, 6.07) is 11.1. The van der Waals surface area contributed by atoms with Crippen LogP contribution in [-0.2, 0) is 17.8 Å². The fourth-order valence-electron chi connectivity index (χ4n) is 2.22. The van der Waals surface area contributed by atoms with Crippen LogP contribution in [-0.4, -0.2) is 23.9 Å². The topological polar surface area (TPSA) is 80.3 Å². The molecule has 2 amide bonds. The van der Waals surface area contributed by atoms with Crippen LogP contribution >= 0.6 is 22.7 Å². The van der Waals surface area contributed by atoms with E-state index in [2.05, 4.69) is 15.6 Å². The minimum Gasteiger partial charge on any atom is -0.497 e. The average molecular weight is 387 g/mol. The Labute approximate surface area is 158 Å². The lowest BCUT2D eigenvalue weighted by atomic mass is 10.2. The van der Waals surface area contributed by atoms with Gasteiger partial charge in [0.15, 0.2) is 5.13 Å². The van der Waals surface area contributed by atoms with Gasteiger partial charge < -0.3 is 10.1 Å². The largest absolute Gasteiger partial charge is 0.497 e. The number of carbonyl (C=O) groups excluding carboxylic acids is 2. The number of hydrogen-bond acceptors (Lipinski definition) is 6. The molecule has 0 aliphatic heterocycles. The molecule has 0 aliphatic carbocycles. The molecule has 0 radical (unpaired) electrons. The van der Waals surface area contributed by atoms with Gasteiger partial charge in [-0.2, -0.15) is 0 Å². The number of amides is 2. The van der Waals surface area contributed by atoms with E-state index in [0.29, 0.717) is 22.2 Å². The molecular formula is C18H17N3O3S2. The molecule has 1 aromatic carbocycles. The fraction of sp³-hybridized carbons (Fsp3) is 0.167. The van der Waals surface area contributed by atoms with Crippen molar-refractivity contribution in [1.82, 2.24) is 10.3 Å². The summed E-state index contributed by atoms with van der Waals surface area (Å²) >= 11 is 2.67. The number of anilines is 1. The molecular weight excluding hydrogens is 370 g/mol. The molecule has 0 fully saturated rings. The highest BCUT2D eigenvalue weighted by molar-refractivity contribution is 7.14. The highest BCUT2D eigenvalue weighted by Crippen LogP contribution is 2.18. The third kappa shape index (κ3) is 4.90. The van der Waals surface area contributed by atoms with E-state index in [1.165, 1.54) is 22.7 Å². The molecule has 0 atom stereocenters. The van der Waals surface area contributed by atoms with Gasteiger partial charge >= 0.3 is 0 Å². The van der Waals surface area contributed by atoms with Gasteiger partial charge in [0, 0.05) is 11.9 Å². The predicted octanol–water partition coefficient (Wildman–Crippen LogP) is 3.32. The number of hydrogen-bond donors (Lipinski definition) is 2. The van der Waals surface area contributed by atoms with Crippen molar-refractivity contribution in [3.8, 4) is 5.75 Å². The fourth-order valence-corrected chi connectivity index (χ4v) is 3.55. The van der Waals surface area contributed by atoms with E-state index >= 15 is 0 Å². The van der Waals surface area contributed by atoms with Crippen LogP contribution in [0.1, 0.15) is 20.9 Å². The first kappa shape index (κ1) is 18.1. The number of benzene rings is 1. The average Bonchev–Trinajstić information content (AvgIpc) is 3.32. The van der Waals surface area contributed by atoms with Gasteiger partial charge in [0.05, 0.1) is 24.1 Å². The molecule has 3 aromatic rings. The van der Waals surface area contributed by atoms with Crippen molar-refractivity contribution in [2.45, 2.75) is 13.0 Å². The molecule has 0 saturated carbocycles. The summed E-state index contributed by atoms with van der Waals surface area (Å²) in [4.78, 5) is 29.0. The number of thiophene rings is 1. The third-order valence-electron chi connectivity index (χ3n) is 3.48. The zero-order valence-corrected chi connectivity index (χ0v) is 15.7. The zero-order chi connectivity index (χ0) is 18.4. The Bertz CT molecular complexity index is 891. The van der Waals surface area contributed by atoms with Crippen molar-refractivity contribution in [2.24, 2.45) is 0 Å². The molecule has 0 bridgehead atoms. The second-order valence-corrected chi connectivity index (χ2v) is 7.19. The van der Waals surface area contributed by atoms with Crippen LogP contribution < -0.4 is 15.4 Å². The van der Waals surface area contributed by atoms with E-state index in [1.54, 1.807) is 18.6 Å². The molecule has 0 saturated heterocycles. The molecule has 3 rings (SSSR count). The maximum atomic E-state index is 12.1. The molecule has 6 nitrogen and oxygen atoms in total. The van der Waals surface area contributed by atoms with Crippen LogP contribution in [0.2, 0.25) is 0 Å². The van der Waals surface area contributed by atoms with E-state index in [4.69, 9.17) is 4.74 Å². The summed E-state index contributed by atoms with van der Waals surface area (Å²) in [6.45, 7) is 0.419. The molecule has 2 aromatic heterocycles. The lowest BCUT2D eigenvalue weighted by molar-refractivity contribution is -0.120. The van der Waals surface area contributed by atoms with Gasteiger partial charge in [0.2, 0.25) is 5.91 Å². The molecule has 2 N–H and O–H groups in total. The summed E-state index contributed by atoms with van der Waals surface area (Å²) in [5, 5.41) is 9.70. The summed E-state index contributed by atoms with van der Waals surface area (Å²) < 4.78 is 5.16. The molecule has 134 valence electrons. The minimum absolute atomic E-state index is 0.130.